The van der Waals surface area contributed by atoms with Crippen molar-refractivity contribution in [1.29, 1.82) is 0 Å². The molecule has 1 atom stereocenters. The molecule has 1 aromatic carbocycles. The Morgan fingerprint density at radius 1 is 1.40 bits per heavy atom. The van der Waals surface area contributed by atoms with Gasteiger partial charge in [-0.2, -0.15) is 0 Å². The number of hydrogen-bond acceptors (Lipinski definition) is 4. The van der Waals surface area contributed by atoms with Gasteiger partial charge >= 0.3 is 5.97 Å². The number of fused-ring (bicyclic) bond motifs is 1. The molecule has 4 nitrogen and oxygen atoms in total. The summed E-state index contributed by atoms with van der Waals surface area (Å²) in [6.45, 7) is 3.23. The Balaban J connectivity index is 2.37. The molecule has 0 fully saturated rings. The van der Waals surface area contributed by atoms with Gasteiger partial charge in [-0.25, -0.2) is 9.18 Å². The van der Waals surface area contributed by atoms with E-state index in [1.807, 2.05) is 0 Å². The Morgan fingerprint density at radius 2 is 2.10 bits per heavy atom. The fourth-order valence-electron chi connectivity index (χ4n) is 2.25. The highest BCUT2D eigenvalue weighted by Crippen LogP contribution is 2.34. The Morgan fingerprint density at radius 3 is 2.70 bits per heavy atom. The first kappa shape index (κ1) is 14.5. The van der Waals surface area contributed by atoms with E-state index in [1.54, 1.807) is 26.0 Å². The summed E-state index contributed by atoms with van der Waals surface area (Å²) in [4.78, 5) is 24.2. The van der Waals surface area contributed by atoms with Crippen LogP contribution in [-0.4, -0.2) is 30.6 Å². The van der Waals surface area contributed by atoms with E-state index >= 15 is 0 Å². The van der Waals surface area contributed by atoms with Crippen LogP contribution in [-0.2, 0) is 16.0 Å². The molecule has 0 aromatic heterocycles. The molecule has 0 heterocycles. The number of hydrogen-bond donors (Lipinski definition) is 0. The molecule has 20 heavy (non-hydrogen) atoms. The van der Waals surface area contributed by atoms with Crippen molar-refractivity contribution < 1.29 is 23.5 Å². The minimum absolute atomic E-state index is 0.184. The number of Topliss-reactive ketones (excluding diaryl/α,β-unsaturated/α-hetero) is 1. The maximum Gasteiger partial charge on any atom is 0.352 e. The van der Waals surface area contributed by atoms with E-state index in [0.29, 0.717) is 12.2 Å². The standard InChI is InChI=1S/C15H17FO4/c1-9(2)20-14(18)15(16)7-6-10-4-5-11(19-3)8-12(10)13(15)17/h4-5,8-9H,6-7H2,1-3H3. The fourth-order valence-corrected chi connectivity index (χ4v) is 2.25. The first-order valence-electron chi connectivity index (χ1n) is 6.50. The molecule has 1 unspecified atom stereocenters. The first-order valence-corrected chi connectivity index (χ1v) is 6.50. The molecule has 1 aromatic rings. The van der Waals surface area contributed by atoms with Crippen LogP contribution in [0, 0.1) is 0 Å². The SMILES string of the molecule is COc1ccc2c(c1)C(=O)C(F)(C(=O)OC(C)C)CC2. The van der Waals surface area contributed by atoms with Crippen molar-refractivity contribution in [1.82, 2.24) is 0 Å². The molecule has 0 spiro atoms. The lowest BCUT2D eigenvalue weighted by Crippen LogP contribution is -2.47. The van der Waals surface area contributed by atoms with Crippen molar-refractivity contribution in [3.63, 3.8) is 0 Å². The summed E-state index contributed by atoms with van der Waals surface area (Å²) in [7, 11) is 1.46. The summed E-state index contributed by atoms with van der Waals surface area (Å²) in [5.41, 5.74) is -1.68. The molecule has 0 aliphatic heterocycles. The van der Waals surface area contributed by atoms with E-state index < -0.39 is 23.5 Å². The van der Waals surface area contributed by atoms with Crippen LogP contribution in [0.1, 0.15) is 36.2 Å². The van der Waals surface area contributed by atoms with Gasteiger partial charge in [0.15, 0.2) is 0 Å². The van der Waals surface area contributed by atoms with Crippen LogP contribution >= 0.6 is 0 Å². The Labute approximate surface area is 116 Å². The number of methoxy groups -OCH3 is 1. The molecule has 0 saturated heterocycles. The predicted octanol–water partition coefficient (Wildman–Crippen LogP) is 2.48. The maximum atomic E-state index is 14.8. The van der Waals surface area contributed by atoms with E-state index in [0.717, 1.165) is 5.56 Å². The zero-order valence-electron chi connectivity index (χ0n) is 11.7. The van der Waals surface area contributed by atoms with Gasteiger partial charge in [0, 0.05) is 12.0 Å². The smallest absolute Gasteiger partial charge is 0.352 e. The Hall–Kier alpha value is -1.91. The highest BCUT2D eigenvalue weighted by Gasteiger charge is 2.51. The van der Waals surface area contributed by atoms with Gasteiger partial charge in [-0.1, -0.05) is 6.07 Å². The van der Waals surface area contributed by atoms with E-state index in [2.05, 4.69) is 0 Å². The molecular weight excluding hydrogens is 263 g/mol. The summed E-state index contributed by atoms with van der Waals surface area (Å²) in [6, 6.07) is 4.90. The van der Waals surface area contributed by atoms with Crippen LogP contribution in [0.2, 0.25) is 0 Å². The monoisotopic (exact) mass is 280 g/mol. The third-order valence-corrected chi connectivity index (χ3v) is 3.33. The predicted molar refractivity (Wildman–Crippen MR) is 70.7 cm³/mol. The third-order valence-electron chi connectivity index (χ3n) is 3.33. The topological polar surface area (TPSA) is 52.6 Å². The Bertz CT molecular complexity index is 553. The molecule has 0 bridgehead atoms. The second-order valence-corrected chi connectivity index (χ2v) is 5.11. The van der Waals surface area contributed by atoms with Crippen molar-refractivity contribution in [2.75, 3.05) is 7.11 Å². The van der Waals surface area contributed by atoms with Crippen LogP contribution < -0.4 is 4.74 Å². The van der Waals surface area contributed by atoms with Gasteiger partial charge in [0.2, 0.25) is 5.78 Å². The van der Waals surface area contributed by atoms with Crippen molar-refractivity contribution in [2.24, 2.45) is 0 Å². The normalized spacial score (nSPS) is 21.6. The second-order valence-electron chi connectivity index (χ2n) is 5.11. The summed E-state index contributed by atoms with van der Waals surface area (Å²) >= 11 is 0. The van der Waals surface area contributed by atoms with Gasteiger partial charge in [0.1, 0.15) is 5.75 Å². The van der Waals surface area contributed by atoms with Gasteiger partial charge in [-0.05, 0) is 38.0 Å². The molecule has 1 aliphatic rings. The van der Waals surface area contributed by atoms with Gasteiger partial charge < -0.3 is 9.47 Å². The molecule has 2 rings (SSSR count). The maximum absolute atomic E-state index is 14.8. The number of aryl methyl sites for hydroxylation is 1. The summed E-state index contributed by atoms with van der Waals surface area (Å²) in [6.07, 6.45) is -0.333. The van der Waals surface area contributed by atoms with Crippen LogP contribution in [0.5, 0.6) is 5.75 Å². The number of alkyl halides is 1. The lowest BCUT2D eigenvalue weighted by Gasteiger charge is -2.28. The quantitative estimate of drug-likeness (QED) is 0.630. The van der Waals surface area contributed by atoms with Crippen molar-refractivity contribution >= 4 is 11.8 Å². The van der Waals surface area contributed by atoms with E-state index in [-0.39, 0.29) is 12.0 Å². The number of benzene rings is 1. The van der Waals surface area contributed by atoms with Crippen LogP contribution in [0.15, 0.2) is 18.2 Å². The first-order chi connectivity index (χ1) is 9.38. The largest absolute Gasteiger partial charge is 0.497 e. The van der Waals surface area contributed by atoms with Gasteiger partial charge in [-0.15, -0.1) is 0 Å². The van der Waals surface area contributed by atoms with Gasteiger partial charge in [-0.3, -0.25) is 4.79 Å². The number of halogens is 1. The van der Waals surface area contributed by atoms with E-state index in [4.69, 9.17) is 9.47 Å². The lowest BCUT2D eigenvalue weighted by molar-refractivity contribution is -0.158. The summed E-state index contributed by atoms with van der Waals surface area (Å²) < 4.78 is 24.7. The van der Waals surface area contributed by atoms with Crippen molar-refractivity contribution in [3.8, 4) is 5.75 Å². The summed E-state index contributed by atoms with van der Waals surface area (Å²) in [5, 5.41) is 0. The van der Waals surface area contributed by atoms with Gasteiger partial charge in [0.05, 0.1) is 13.2 Å². The van der Waals surface area contributed by atoms with Crippen molar-refractivity contribution in [3.05, 3.63) is 29.3 Å². The average Bonchev–Trinajstić information content (AvgIpc) is 2.42. The zero-order valence-corrected chi connectivity index (χ0v) is 11.7. The minimum atomic E-state index is -2.59. The highest BCUT2D eigenvalue weighted by molar-refractivity contribution is 6.17. The van der Waals surface area contributed by atoms with Gasteiger partial charge in [0.25, 0.3) is 5.67 Å². The van der Waals surface area contributed by atoms with Crippen LogP contribution in [0.25, 0.3) is 0 Å². The fraction of sp³-hybridized carbons (Fsp3) is 0.467. The highest BCUT2D eigenvalue weighted by atomic mass is 19.1. The number of ether oxygens (including phenoxy) is 2. The Kier molecular flexibility index (Phi) is 3.79. The molecule has 0 saturated carbocycles. The minimum Gasteiger partial charge on any atom is -0.497 e. The average molecular weight is 280 g/mol. The number of esters is 1. The number of carbonyl (C=O) groups is 2. The summed E-state index contributed by atoms with van der Waals surface area (Å²) in [5.74, 6) is -1.49. The number of carbonyl (C=O) groups excluding carboxylic acids is 2. The van der Waals surface area contributed by atoms with Crippen molar-refractivity contribution in [2.45, 2.75) is 38.5 Å². The number of rotatable bonds is 3. The lowest BCUT2D eigenvalue weighted by atomic mass is 9.80. The molecule has 0 N–H and O–H groups in total. The van der Waals surface area contributed by atoms with Crippen LogP contribution in [0.3, 0.4) is 0 Å². The van der Waals surface area contributed by atoms with E-state index in [1.165, 1.54) is 13.2 Å². The molecule has 108 valence electrons. The zero-order chi connectivity index (χ0) is 14.9. The molecule has 5 heteroatoms. The second kappa shape index (κ2) is 5.23. The van der Waals surface area contributed by atoms with Crippen LogP contribution in [0.4, 0.5) is 4.39 Å². The molecule has 0 radical (unpaired) electrons. The molecule has 1 aliphatic carbocycles. The molecular formula is C15H17FO4. The molecule has 0 amide bonds. The number of ketones is 1. The van der Waals surface area contributed by atoms with E-state index in [9.17, 15) is 14.0 Å². The third kappa shape index (κ3) is 2.40.